The van der Waals surface area contributed by atoms with E-state index in [0.717, 1.165) is 72.0 Å². The van der Waals surface area contributed by atoms with Crippen LogP contribution in [0.5, 0.6) is 0 Å². The van der Waals surface area contributed by atoms with Gasteiger partial charge < -0.3 is 70.6 Å². The van der Waals surface area contributed by atoms with Gasteiger partial charge in [0.25, 0.3) is 0 Å². The molecule has 2 aromatic rings. The Labute approximate surface area is 455 Å². The van der Waals surface area contributed by atoms with Crippen molar-refractivity contribution in [2.24, 2.45) is 28.7 Å². The molecule has 75 heavy (non-hydrogen) atoms. The van der Waals surface area contributed by atoms with Gasteiger partial charge in [0.15, 0.2) is 17.9 Å². The molecule has 4 fully saturated rings. The number of cyclic esters (lactones) is 1. The fourth-order valence-electron chi connectivity index (χ4n) is 8.68. The number of halogens is 1. The Hall–Kier alpha value is -4.10. The number of fused-ring (bicyclic) bond motifs is 1. The normalized spacial score (nSPS) is 30.9. The predicted molar refractivity (Wildman–Crippen MR) is 265 cm³/mol. The molecule has 9 N–H and O–H groups in total. The molecule has 3 saturated heterocycles. The van der Waals surface area contributed by atoms with Crippen molar-refractivity contribution in [3.05, 3.63) is 44.2 Å². The average molecular weight is 1260 g/mol. The van der Waals surface area contributed by atoms with E-state index in [9.17, 15) is 44.0 Å². The number of esters is 1. The Morgan fingerprint density at radius 3 is 2.09 bits per heavy atom. The van der Waals surface area contributed by atoms with Gasteiger partial charge in [-0.15, -0.1) is 11.3 Å². The Morgan fingerprint density at radius 1 is 0.960 bits per heavy atom. The fourth-order valence-corrected chi connectivity index (χ4v) is 9.25. The standard InChI is InChI=1S/C27H41NO6S.C15H22FN3O6.C6H14N2.C2H2O4.Pt/c1-15-9-8-10-27(7)22(34-27)12-20(16(2)11-19-14-35-18(4)28-19)33-23(30)13-21(29)26(5,6)25(32)17(3)24(15)31;1-3-4-5-6-24-15(23)18-12-9(16)7-19(14(22)17-12)13-11(21)10(20)8(2)25-13;7-5-3-1-2-4-6(5)8;3-1(4)2(5)6;/h11,14-15,17,20-22,24,29,31H,8-10,12-13H2,1-7H3;7-8,10-11,13,20-21H,3-6H2,1-2H3,(H,17,18,22,23);5-6H,1-4,7-8H2;(H,3,4)(H,5,6);/q;;;;+2/p-2/b16-11+;;;;/t15-,17+,20-,21-,22-,24-,27+;8-,10-,11-,13-;5-,6-;;/m011../s1. The van der Waals surface area contributed by atoms with Crippen LogP contribution in [-0.4, -0.2) is 132 Å². The molecule has 0 aromatic carbocycles. The van der Waals surface area contributed by atoms with Gasteiger partial charge in [0, 0.05) is 29.8 Å². The van der Waals surface area contributed by atoms with Crippen molar-refractivity contribution in [1.29, 1.82) is 0 Å². The van der Waals surface area contributed by atoms with Gasteiger partial charge in [-0.3, -0.25) is 19.5 Å². The number of nitrogens with two attached hydrogens (primary N) is 2. The summed E-state index contributed by atoms with van der Waals surface area (Å²) in [4.78, 5) is 75.5. The van der Waals surface area contributed by atoms with Crippen molar-refractivity contribution in [1.82, 2.24) is 14.5 Å². The van der Waals surface area contributed by atoms with Crippen LogP contribution in [0, 0.1) is 30.0 Å². The van der Waals surface area contributed by atoms with Crippen molar-refractivity contribution >= 4 is 53.0 Å². The quantitative estimate of drug-likeness (QED) is 0.0859. The number of carbonyl (C=O) groups is 5. The number of ketones is 1. The number of carbonyl (C=O) groups excluding carboxylic acids is 5. The third-order valence-corrected chi connectivity index (χ3v) is 14.6. The first-order valence-electron chi connectivity index (χ1n) is 25.1. The molecule has 426 valence electrons. The molecule has 13 atom stereocenters. The molecule has 3 aliphatic heterocycles. The second kappa shape index (κ2) is 30.7. The Bertz CT molecular complexity index is 2270. The summed E-state index contributed by atoms with van der Waals surface area (Å²) < 4.78 is 36.9. The Balaban J connectivity index is 0.000000415. The number of hydrogen-bond acceptors (Lipinski definition) is 21. The van der Waals surface area contributed by atoms with Crippen LogP contribution in [0.3, 0.4) is 0 Å². The maximum absolute atomic E-state index is 14.1. The number of aryl methyl sites for hydroxylation is 1. The van der Waals surface area contributed by atoms with Gasteiger partial charge in [0.1, 0.15) is 24.1 Å². The average Bonchev–Trinajstić information content (AvgIpc) is 3.65. The van der Waals surface area contributed by atoms with Crippen molar-refractivity contribution < 1.29 is 99.0 Å². The number of unbranched alkanes of at least 4 members (excludes halogenated alkanes) is 2. The van der Waals surface area contributed by atoms with Crippen molar-refractivity contribution in [3.63, 3.8) is 0 Å². The number of carboxylic acids is 2. The summed E-state index contributed by atoms with van der Waals surface area (Å²) in [6, 6.07) is 0.562. The van der Waals surface area contributed by atoms with Crippen LogP contribution in [-0.2, 0) is 59.2 Å². The second-order valence-electron chi connectivity index (χ2n) is 20.3. The van der Waals surface area contributed by atoms with E-state index < -0.39 is 95.5 Å². The minimum Gasteiger partial charge on any atom is -0.543 e. The van der Waals surface area contributed by atoms with E-state index in [2.05, 4.69) is 22.2 Å². The van der Waals surface area contributed by atoms with Gasteiger partial charge in [-0.2, -0.15) is 4.98 Å². The van der Waals surface area contributed by atoms with Gasteiger partial charge in [0.2, 0.25) is 0 Å². The summed E-state index contributed by atoms with van der Waals surface area (Å²) in [6.07, 6.45) is 4.53. The molecule has 6 rings (SSSR count). The summed E-state index contributed by atoms with van der Waals surface area (Å²) in [5.74, 6) is -7.50. The molecular formula is C50H77FN6O16PtS. The van der Waals surface area contributed by atoms with Crippen LogP contribution < -0.4 is 32.7 Å². The van der Waals surface area contributed by atoms with E-state index in [0.29, 0.717) is 12.8 Å². The molecule has 4 aliphatic rings. The van der Waals surface area contributed by atoms with E-state index in [1.54, 1.807) is 32.1 Å². The van der Waals surface area contributed by atoms with E-state index in [4.69, 9.17) is 50.2 Å². The second-order valence-corrected chi connectivity index (χ2v) is 21.3. The van der Waals surface area contributed by atoms with Crippen LogP contribution in [0.4, 0.5) is 15.0 Å². The number of ether oxygens (including phenoxy) is 4. The van der Waals surface area contributed by atoms with Crippen molar-refractivity contribution in [2.75, 3.05) is 11.9 Å². The summed E-state index contributed by atoms with van der Waals surface area (Å²) in [5.41, 5.74) is 10.5. The zero-order valence-electron chi connectivity index (χ0n) is 44.1. The number of epoxide rings is 1. The van der Waals surface area contributed by atoms with Gasteiger partial charge in [-0.05, 0) is 77.4 Å². The number of rotatable bonds is 8. The predicted octanol–water partition coefficient (Wildman–Crippen LogP) is 1.94. The number of aliphatic carboxylic acids is 2. The molecule has 25 heteroatoms. The molecule has 2 aromatic heterocycles. The molecule has 5 heterocycles. The minimum atomic E-state index is -2.19. The summed E-state index contributed by atoms with van der Waals surface area (Å²) in [6.45, 7) is 16.5. The monoisotopic (exact) mass is 1260 g/mol. The van der Waals surface area contributed by atoms with Crippen LogP contribution in [0.1, 0.15) is 149 Å². The molecular weight excluding hydrogens is 1190 g/mol. The number of carboxylic acid groups (broad SMARTS) is 2. The molecule has 1 saturated carbocycles. The first-order chi connectivity index (χ1) is 34.5. The van der Waals surface area contributed by atoms with Crippen molar-refractivity contribution in [3.8, 4) is 0 Å². The summed E-state index contributed by atoms with van der Waals surface area (Å²) >= 11 is 1.56. The van der Waals surface area contributed by atoms with Crippen LogP contribution in [0.25, 0.3) is 6.08 Å². The van der Waals surface area contributed by atoms with Gasteiger partial charge in [0.05, 0.1) is 77.3 Å². The first-order valence-corrected chi connectivity index (χ1v) is 26.0. The van der Waals surface area contributed by atoms with Gasteiger partial charge in [-0.25, -0.2) is 19.0 Å². The molecule has 22 nitrogen and oxygen atoms in total. The smallest absolute Gasteiger partial charge is 0.543 e. The van der Waals surface area contributed by atoms with E-state index in [1.807, 2.05) is 39.2 Å². The number of aromatic nitrogens is 3. The number of amides is 1. The maximum Gasteiger partial charge on any atom is 2.00 e. The topological polar surface area (TPSA) is 364 Å². The number of anilines is 1. The number of nitrogens with one attached hydrogen (secondary N) is 1. The zero-order chi connectivity index (χ0) is 55.8. The van der Waals surface area contributed by atoms with Gasteiger partial charge >= 0.3 is 38.8 Å². The van der Waals surface area contributed by atoms with Gasteiger partial charge in [-0.1, -0.05) is 66.7 Å². The van der Waals surface area contributed by atoms with E-state index in [-0.39, 0.29) is 69.6 Å². The molecule has 0 bridgehead atoms. The van der Waals surface area contributed by atoms with E-state index in [1.165, 1.54) is 19.8 Å². The number of nitrogens with zero attached hydrogens (tertiary/aromatic N) is 3. The van der Waals surface area contributed by atoms with Crippen LogP contribution in [0.2, 0.25) is 0 Å². The summed E-state index contributed by atoms with van der Waals surface area (Å²) in [7, 11) is 0. The SMILES string of the molecule is C/C(=C\c1csc(C)n1)[C@@H]1C[C@@H]2O[C@]2(C)CCC[C@H](C)[C@H](O)[C@@H](C)C(=O)C(C)(C)[C@@H](O)CC(=O)O1.CCCCCOC(=O)Nc1nc(=O)n([C@@H]2O[C@H](C)[C@@H](O)[C@H]2O)cc1F.N[C@@H]1CCCC[C@H]1N.O=C([O-])C(=O)[O-].[Pt+2]. The third-order valence-electron chi connectivity index (χ3n) is 13.8. The number of hydrogen-bond donors (Lipinski definition) is 7. The Kier molecular flexibility index (Phi) is 27.5. The molecule has 0 spiro atoms. The number of aliphatic hydroxyl groups is 4. The molecule has 1 aliphatic carbocycles. The fraction of sp³-hybridized carbons (Fsp3) is 0.720. The maximum atomic E-state index is 14.1. The Morgan fingerprint density at radius 2 is 1.57 bits per heavy atom. The van der Waals surface area contributed by atoms with Crippen LogP contribution >= 0.6 is 11.3 Å². The largest absolute Gasteiger partial charge is 2.00 e. The number of aliphatic hydroxyl groups excluding tert-OH is 4. The number of thiazole rings is 1. The molecule has 1 amide bonds. The third kappa shape index (κ3) is 20.3. The van der Waals surface area contributed by atoms with Crippen LogP contribution in [0.15, 0.2) is 21.9 Å². The number of Topliss-reactive ketones (excluding diaryl/α,β-unsaturated/α-hetero) is 1. The zero-order valence-corrected chi connectivity index (χ0v) is 47.2. The molecule has 0 unspecified atom stereocenters. The first kappa shape index (κ1) is 67.0. The van der Waals surface area contributed by atoms with Crippen molar-refractivity contribution in [2.45, 2.75) is 206 Å². The summed E-state index contributed by atoms with van der Waals surface area (Å²) in [5, 5.41) is 64.1. The van der Waals surface area contributed by atoms with E-state index >= 15 is 0 Å². The minimum absolute atomic E-state index is 0. The molecule has 0 radical (unpaired) electrons.